The molecule has 1 rings (SSSR count). The van der Waals surface area contributed by atoms with E-state index >= 15 is 0 Å². The van der Waals surface area contributed by atoms with Crippen molar-refractivity contribution in [2.24, 2.45) is 4.99 Å². The fourth-order valence-corrected chi connectivity index (χ4v) is 0.662. The van der Waals surface area contributed by atoms with Gasteiger partial charge in [-0.1, -0.05) is 6.92 Å². The van der Waals surface area contributed by atoms with E-state index in [9.17, 15) is 0 Å². The van der Waals surface area contributed by atoms with Crippen LogP contribution < -0.4 is 0 Å². The predicted octanol–water partition coefficient (Wildman–Crippen LogP) is 1.19. The molecule has 10 heavy (non-hydrogen) atoms. The zero-order valence-electron chi connectivity index (χ0n) is 6.16. The molecule has 0 aromatic heterocycles. The molecular formula is C7H12N2O. The second kappa shape index (κ2) is 4.06. The van der Waals surface area contributed by atoms with Gasteiger partial charge in [0, 0.05) is 12.4 Å². The molecule has 0 bridgehead atoms. The highest BCUT2D eigenvalue weighted by molar-refractivity contribution is 5.71. The van der Waals surface area contributed by atoms with Crippen LogP contribution in [0.5, 0.6) is 0 Å². The Morgan fingerprint density at radius 3 is 3.20 bits per heavy atom. The van der Waals surface area contributed by atoms with Crippen molar-refractivity contribution in [2.75, 3.05) is 13.3 Å². The van der Waals surface area contributed by atoms with Crippen LogP contribution in [0.2, 0.25) is 0 Å². The van der Waals surface area contributed by atoms with Crippen LogP contribution in [0.3, 0.4) is 0 Å². The van der Waals surface area contributed by atoms with Gasteiger partial charge in [-0.2, -0.15) is 0 Å². The van der Waals surface area contributed by atoms with Gasteiger partial charge in [0.1, 0.15) is 6.67 Å². The van der Waals surface area contributed by atoms with Crippen molar-refractivity contribution in [3.8, 4) is 0 Å². The highest BCUT2D eigenvalue weighted by Gasteiger charge is 1.97. The Hall–Kier alpha value is -0.830. The van der Waals surface area contributed by atoms with Crippen molar-refractivity contribution in [2.45, 2.75) is 13.3 Å². The minimum atomic E-state index is 0.622. The molecule has 0 N–H and O–H groups in total. The molecule has 3 heteroatoms. The molecule has 0 saturated carbocycles. The van der Waals surface area contributed by atoms with E-state index in [0.717, 1.165) is 13.0 Å². The van der Waals surface area contributed by atoms with Crippen molar-refractivity contribution in [1.29, 1.82) is 0 Å². The van der Waals surface area contributed by atoms with E-state index in [0.29, 0.717) is 6.67 Å². The molecule has 3 nitrogen and oxygen atoms in total. The van der Waals surface area contributed by atoms with Crippen molar-refractivity contribution < 1.29 is 4.84 Å². The summed E-state index contributed by atoms with van der Waals surface area (Å²) in [6.07, 6.45) is 6.54. The molecule has 0 spiro atoms. The van der Waals surface area contributed by atoms with Crippen molar-refractivity contribution in [3.05, 3.63) is 12.3 Å². The van der Waals surface area contributed by atoms with E-state index in [4.69, 9.17) is 4.84 Å². The maximum absolute atomic E-state index is 5.26. The van der Waals surface area contributed by atoms with Crippen LogP contribution in [0.1, 0.15) is 13.3 Å². The average molecular weight is 140 g/mol. The maximum atomic E-state index is 5.26. The van der Waals surface area contributed by atoms with Gasteiger partial charge in [-0.25, -0.2) is 5.06 Å². The van der Waals surface area contributed by atoms with Crippen LogP contribution in [0.15, 0.2) is 17.3 Å². The highest BCUT2D eigenvalue weighted by atomic mass is 16.7. The van der Waals surface area contributed by atoms with Gasteiger partial charge >= 0.3 is 0 Å². The van der Waals surface area contributed by atoms with Gasteiger partial charge in [0.15, 0.2) is 0 Å². The lowest BCUT2D eigenvalue weighted by molar-refractivity contribution is -0.118. The predicted molar refractivity (Wildman–Crippen MR) is 40.6 cm³/mol. The SMILES string of the molecule is CCCON1C=CC=NC1. The Balaban J connectivity index is 2.17. The molecule has 0 aromatic rings. The zero-order chi connectivity index (χ0) is 7.23. The summed E-state index contributed by atoms with van der Waals surface area (Å²) in [5.74, 6) is 0. The number of rotatable bonds is 3. The molecular weight excluding hydrogens is 128 g/mol. The normalized spacial score (nSPS) is 16.3. The number of allylic oxidation sites excluding steroid dienone is 1. The third-order valence-corrected chi connectivity index (χ3v) is 1.13. The minimum absolute atomic E-state index is 0.622. The first-order chi connectivity index (χ1) is 4.93. The monoisotopic (exact) mass is 140 g/mol. The molecule has 0 aromatic carbocycles. The highest BCUT2D eigenvalue weighted by Crippen LogP contribution is 1.96. The van der Waals surface area contributed by atoms with Crippen LogP contribution in [0, 0.1) is 0 Å². The Kier molecular flexibility index (Phi) is 2.96. The summed E-state index contributed by atoms with van der Waals surface area (Å²) < 4.78 is 0. The quantitative estimate of drug-likeness (QED) is 0.588. The Morgan fingerprint density at radius 2 is 2.60 bits per heavy atom. The Labute approximate surface area is 61.0 Å². The van der Waals surface area contributed by atoms with Gasteiger partial charge in [0.2, 0.25) is 0 Å². The van der Waals surface area contributed by atoms with E-state index in [1.807, 2.05) is 12.3 Å². The van der Waals surface area contributed by atoms with Crippen molar-refractivity contribution >= 4 is 6.21 Å². The van der Waals surface area contributed by atoms with Gasteiger partial charge in [-0.3, -0.25) is 9.83 Å². The fourth-order valence-electron chi connectivity index (χ4n) is 0.662. The Morgan fingerprint density at radius 1 is 1.70 bits per heavy atom. The van der Waals surface area contributed by atoms with E-state index in [2.05, 4.69) is 11.9 Å². The molecule has 1 aliphatic rings. The molecule has 0 unspecified atom stereocenters. The molecule has 0 radical (unpaired) electrons. The summed E-state index contributed by atoms with van der Waals surface area (Å²) in [6.45, 7) is 3.47. The van der Waals surface area contributed by atoms with Gasteiger partial charge in [-0.15, -0.1) is 0 Å². The van der Waals surface area contributed by atoms with E-state index in [-0.39, 0.29) is 0 Å². The zero-order valence-corrected chi connectivity index (χ0v) is 6.16. The standard InChI is InChI=1S/C7H12N2O/c1-2-6-10-9-5-3-4-8-7-9/h3-5H,2,6-7H2,1H3. The molecule has 0 atom stereocenters. The largest absolute Gasteiger partial charge is 0.272 e. The summed E-state index contributed by atoms with van der Waals surface area (Å²) in [4.78, 5) is 9.27. The summed E-state index contributed by atoms with van der Waals surface area (Å²) in [5, 5.41) is 1.73. The van der Waals surface area contributed by atoms with Gasteiger partial charge in [0.05, 0.1) is 6.61 Å². The summed E-state index contributed by atoms with van der Waals surface area (Å²) in [5.41, 5.74) is 0. The first kappa shape index (κ1) is 7.28. The topological polar surface area (TPSA) is 24.8 Å². The number of hydrogen-bond donors (Lipinski definition) is 0. The smallest absolute Gasteiger partial charge is 0.135 e. The molecule has 1 heterocycles. The minimum Gasteiger partial charge on any atom is -0.272 e. The van der Waals surface area contributed by atoms with Crippen LogP contribution in [-0.4, -0.2) is 24.6 Å². The van der Waals surface area contributed by atoms with Gasteiger partial charge in [-0.05, 0) is 12.5 Å². The molecule has 0 saturated heterocycles. The van der Waals surface area contributed by atoms with Crippen LogP contribution in [-0.2, 0) is 4.84 Å². The summed E-state index contributed by atoms with van der Waals surface area (Å²) in [7, 11) is 0. The number of nitrogens with zero attached hydrogens (tertiary/aromatic N) is 2. The molecule has 0 amide bonds. The van der Waals surface area contributed by atoms with E-state index in [1.54, 1.807) is 11.3 Å². The fraction of sp³-hybridized carbons (Fsp3) is 0.571. The van der Waals surface area contributed by atoms with Gasteiger partial charge < -0.3 is 0 Å². The molecule has 0 aliphatic carbocycles. The number of hydroxylamine groups is 2. The second-order valence-electron chi connectivity index (χ2n) is 2.06. The van der Waals surface area contributed by atoms with Gasteiger partial charge in [0.25, 0.3) is 0 Å². The first-order valence-corrected chi connectivity index (χ1v) is 3.49. The number of aliphatic imine (C=N–C) groups is 1. The van der Waals surface area contributed by atoms with Crippen LogP contribution in [0.4, 0.5) is 0 Å². The second-order valence-corrected chi connectivity index (χ2v) is 2.06. The van der Waals surface area contributed by atoms with Crippen LogP contribution >= 0.6 is 0 Å². The molecule has 1 aliphatic heterocycles. The summed E-state index contributed by atoms with van der Waals surface area (Å²) in [6, 6.07) is 0. The lowest BCUT2D eigenvalue weighted by Gasteiger charge is -2.18. The third-order valence-electron chi connectivity index (χ3n) is 1.13. The van der Waals surface area contributed by atoms with Crippen molar-refractivity contribution in [1.82, 2.24) is 5.06 Å². The average Bonchev–Trinajstić information content (AvgIpc) is 2.03. The summed E-state index contributed by atoms with van der Waals surface area (Å²) >= 11 is 0. The molecule has 0 fully saturated rings. The lowest BCUT2D eigenvalue weighted by Crippen LogP contribution is -2.20. The number of hydrogen-bond acceptors (Lipinski definition) is 3. The van der Waals surface area contributed by atoms with Crippen molar-refractivity contribution in [3.63, 3.8) is 0 Å². The van der Waals surface area contributed by atoms with Crippen LogP contribution in [0.25, 0.3) is 0 Å². The first-order valence-electron chi connectivity index (χ1n) is 3.49. The van der Waals surface area contributed by atoms with E-state index < -0.39 is 0 Å². The maximum Gasteiger partial charge on any atom is 0.135 e. The third kappa shape index (κ3) is 2.19. The lowest BCUT2D eigenvalue weighted by atomic mass is 10.5. The Bertz CT molecular complexity index is 143. The molecule has 56 valence electrons. The van der Waals surface area contributed by atoms with E-state index in [1.165, 1.54) is 0 Å².